The summed E-state index contributed by atoms with van der Waals surface area (Å²) >= 11 is 0. The van der Waals surface area contributed by atoms with Crippen molar-refractivity contribution in [2.24, 2.45) is 0 Å². The first kappa shape index (κ1) is 25.5. The van der Waals surface area contributed by atoms with Crippen LogP contribution in [0.4, 0.5) is 5.69 Å². The molecule has 0 aliphatic carbocycles. The van der Waals surface area contributed by atoms with Crippen LogP contribution in [0.5, 0.6) is 11.5 Å². The predicted octanol–water partition coefficient (Wildman–Crippen LogP) is 7.28. The Labute approximate surface area is 194 Å². The van der Waals surface area contributed by atoms with Crippen molar-refractivity contribution in [3.8, 4) is 11.5 Å². The van der Waals surface area contributed by atoms with Crippen LogP contribution in [-0.4, -0.2) is 24.0 Å². The molecule has 2 aromatic carbocycles. The summed E-state index contributed by atoms with van der Waals surface area (Å²) in [6.45, 7) is 18.6. The van der Waals surface area contributed by atoms with Crippen LogP contribution < -0.4 is 14.8 Å². The van der Waals surface area contributed by atoms with E-state index in [1.54, 1.807) is 6.08 Å². The average molecular weight is 438 g/mol. The molecule has 32 heavy (non-hydrogen) atoms. The third-order valence-electron chi connectivity index (χ3n) is 4.62. The van der Waals surface area contributed by atoms with E-state index >= 15 is 0 Å². The van der Waals surface area contributed by atoms with Crippen LogP contribution in [0.3, 0.4) is 0 Å². The molecule has 0 saturated carbocycles. The number of carbonyl (C=O) groups excluding carboxylic acids is 1. The Kier molecular flexibility index (Phi) is 7.49. The van der Waals surface area contributed by atoms with Crippen molar-refractivity contribution in [1.82, 2.24) is 0 Å². The van der Waals surface area contributed by atoms with Crippen LogP contribution in [0.2, 0.25) is 0 Å². The molecule has 2 rings (SSSR count). The molecular weight excluding hydrogens is 398 g/mol. The number of benzene rings is 2. The fraction of sp³-hybridized carbons (Fsp3) is 0.464. The fourth-order valence-electron chi connectivity index (χ4n) is 3.19. The maximum atomic E-state index is 12.8. The van der Waals surface area contributed by atoms with Gasteiger partial charge in [0, 0.05) is 35.5 Å². The van der Waals surface area contributed by atoms with Crippen LogP contribution in [0.25, 0.3) is 6.08 Å². The van der Waals surface area contributed by atoms with Gasteiger partial charge in [0.25, 0.3) is 0 Å². The molecule has 0 aliphatic rings. The molecule has 1 N–H and O–H groups in total. The van der Waals surface area contributed by atoms with Crippen molar-refractivity contribution in [3.63, 3.8) is 0 Å². The molecule has 0 radical (unpaired) electrons. The zero-order valence-electron chi connectivity index (χ0n) is 21.3. The second kappa shape index (κ2) is 9.40. The zero-order valence-corrected chi connectivity index (χ0v) is 21.3. The van der Waals surface area contributed by atoms with Crippen molar-refractivity contribution in [1.29, 1.82) is 0 Å². The molecule has 4 nitrogen and oxygen atoms in total. The Balaban J connectivity index is 2.54. The van der Waals surface area contributed by atoms with Gasteiger partial charge in [-0.15, -0.1) is 0 Å². The van der Waals surface area contributed by atoms with Gasteiger partial charge in [-0.25, -0.2) is 0 Å². The maximum absolute atomic E-state index is 12.8. The standard InChI is InChI=1S/C28H39NO3/c1-26(2,3)22-17-20(13-16-23(30)19-11-14-21(29-10)15-12-19)24(31-27(4,5)6)18-25(22)32-28(7,8)9/h11-18,29H,1-10H3/b16-13+. The van der Waals surface area contributed by atoms with Crippen LogP contribution in [0.1, 0.15) is 83.8 Å². The lowest BCUT2D eigenvalue weighted by atomic mass is 9.85. The molecule has 0 atom stereocenters. The Morgan fingerprint density at radius 2 is 1.34 bits per heavy atom. The van der Waals surface area contributed by atoms with Crippen LogP contribution >= 0.6 is 0 Å². The molecule has 0 fully saturated rings. The monoisotopic (exact) mass is 437 g/mol. The summed E-state index contributed by atoms with van der Waals surface area (Å²) in [5, 5.41) is 3.06. The van der Waals surface area contributed by atoms with E-state index in [0.717, 1.165) is 22.6 Å². The van der Waals surface area contributed by atoms with Gasteiger partial charge in [0.15, 0.2) is 5.78 Å². The number of ether oxygens (including phenoxy) is 2. The molecule has 174 valence electrons. The molecule has 0 unspecified atom stereocenters. The van der Waals surface area contributed by atoms with E-state index in [0.29, 0.717) is 11.3 Å². The molecule has 0 saturated heterocycles. The van der Waals surface area contributed by atoms with Gasteiger partial charge in [0.05, 0.1) is 0 Å². The summed E-state index contributed by atoms with van der Waals surface area (Å²) in [6, 6.07) is 11.5. The van der Waals surface area contributed by atoms with Gasteiger partial charge in [0.2, 0.25) is 0 Å². The van der Waals surface area contributed by atoms with Gasteiger partial charge < -0.3 is 14.8 Å². The Bertz CT molecular complexity index is 966. The summed E-state index contributed by atoms with van der Waals surface area (Å²) < 4.78 is 12.6. The SMILES string of the molecule is CNc1ccc(C(=O)/C=C/c2cc(C(C)(C)C)c(OC(C)(C)C)cc2OC(C)(C)C)cc1. The van der Waals surface area contributed by atoms with E-state index in [-0.39, 0.29) is 16.8 Å². The molecule has 0 aromatic heterocycles. The first-order valence-electron chi connectivity index (χ1n) is 11.2. The largest absolute Gasteiger partial charge is 0.488 e. The third-order valence-corrected chi connectivity index (χ3v) is 4.62. The maximum Gasteiger partial charge on any atom is 0.185 e. The summed E-state index contributed by atoms with van der Waals surface area (Å²) in [4.78, 5) is 12.8. The number of ketones is 1. The van der Waals surface area contributed by atoms with E-state index in [2.05, 4.69) is 32.2 Å². The highest BCUT2D eigenvalue weighted by atomic mass is 16.5. The van der Waals surface area contributed by atoms with E-state index in [1.165, 1.54) is 0 Å². The lowest BCUT2D eigenvalue weighted by Crippen LogP contribution is -2.27. The topological polar surface area (TPSA) is 47.6 Å². The van der Waals surface area contributed by atoms with Crippen molar-refractivity contribution < 1.29 is 14.3 Å². The zero-order chi connectivity index (χ0) is 24.3. The minimum Gasteiger partial charge on any atom is -0.488 e. The number of hydrogen-bond donors (Lipinski definition) is 1. The minimum atomic E-state index is -0.391. The van der Waals surface area contributed by atoms with Gasteiger partial charge in [-0.3, -0.25) is 4.79 Å². The summed E-state index contributed by atoms with van der Waals surface area (Å²) in [7, 11) is 1.85. The van der Waals surface area contributed by atoms with Crippen LogP contribution in [-0.2, 0) is 5.41 Å². The lowest BCUT2D eigenvalue weighted by molar-refractivity contribution is 0.104. The fourth-order valence-corrected chi connectivity index (χ4v) is 3.19. The first-order valence-corrected chi connectivity index (χ1v) is 11.2. The number of carbonyl (C=O) groups is 1. The number of nitrogens with one attached hydrogen (secondary N) is 1. The highest BCUT2D eigenvalue weighted by Crippen LogP contribution is 2.40. The smallest absolute Gasteiger partial charge is 0.185 e. The Morgan fingerprint density at radius 3 is 1.81 bits per heavy atom. The van der Waals surface area contributed by atoms with Gasteiger partial charge in [-0.2, -0.15) is 0 Å². The molecule has 0 heterocycles. The molecule has 0 spiro atoms. The van der Waals surface area contributed by atoms with Crippen molar-refractivity contribution in [2.45, 2.75) is 78.9 Å². The lowest BCUT2D eigenvalue weighted by Gasteiger charge is -2.30. The molecule has 0 aliphatic heterocycles. The Morgan fingerprint density at radius 1 is 0.812 bits per heavy atom. The van der Waals surface area contributed by atoms with Gasteiger partial charge in [-0.05, 0) is 89.4 Å². The number of rotatable bonds is 6. The second-order valence-electron chi connectivity index (χ2n) is 11.1. The Hall–Kier alpha value is -2.75. The summed E-state index contributed by atoms with van der Waals surface area (Å²) in [5.74, 6) is 1.44. The van der Waals surface area contributed by atoms with Crippen LogP contribution in [0, 0.1) is 0 Å². The molecule has 0 amide bonds. The second-order valence-corrected chi connectivity index (χ2v) is 11.1. The van der Waals surface area contributed by atoms with Crippen molar-refractivity contribution >= 4 is 17.5 Å². The van der Waals surface area contributed by atoms with Gasteiger partial charge >= 0.3 is 0 Å². The van der Waals surface area contributed by atoms with E-state index in [9.17, 15) is 4.79 Å². The summed E-state index contributed by atoms with van der Waals surface area (Å²) in [5.41, 5.74) is 2.66. The van der Waals surface area contributed by atoms with Gasteiger partial charge in [-0.1, -0.05) is 20.8 Å². The normalized spacial score (nSPS) is 12.7. The van der Waals surface area contributed by atoms with E-state index in [1.807, 2.05) is 85.0 Å². The van der Waals surface area contributed by atoms with Crippen molar-refractivity contribution in [3.05, 3.63) is 59.2 Å². The highest BCUT2D eigenvalue weighted by Gasteiger charge is 2.26. The first-order chi connectivity index (χ1) is 14.6. The van der Waals surface area contributed by atoms with Crippen molar-refractivity contribution in [2.75, 3.05) is 12.4 Å². The van der Waals surface area contributed by atoms with E-state index in [4.69, 9.17) is 9.47 Å². The molecular formula is C28H39NO3. The number of hydrogen-bond acceptors (Lipinski definition) is 4. The summed E-state index contributed by atoms with van der Waals surface area (Å²) in [6.07, 6.45) is 3.45. The van der Waals surface area contributed by atoms with Gasteiger partial charge in [0.1, 0.15) is 22.7 Å². The van der Waals surface area contributed by atoms with Crippen LogP contribution in [0.15, 0.2) is 42.5 Å². The predicted molar refractivity (Wildman–Crippen MR) is 135 cm³/mol. The van der Waals surface area contributed by atoms with E-state index < -0.39 is 5.60 Å². The number of anilines is 1. The highest BCUT2D eigenvalue weighted by molar-refractivity contribution is 6.07. The number of allylic oxidation sites excluding steroid dienone is 1. The molecule has 4 heteroatoms. The molecule has 0 bridgehead atoms. The quantitative estimate of drug-likeness (QED) is 0.381. The average Bonchev–Trinajstić information content (AvgIpc) is 2.63. The third kappa shape index (κ3) is 7.44. The minimum absolute atomic E-state index is 0.0540. The molecule has 2 aromatic rings.